The highest BCUT2D eigenvalue weighted by atomic mass is 32.2. The Morgan fingerprint density at radius 3 is 2.21 bits per heavy atom. The van der Waals surface area contributed by atoms with Crippen LogP contribution in [0, 0.1) is 5.21 Å². The maximum atomic E-state index is 12.4. The summed E-state index contributed by atoms with van der Waals surface area (Å²) in [6.07, 6.45) is 0. The molecule has 2 aromatic rings. The summed E-state index contributed by atoms with van der Waals surface area (Å²) in [6.45, 7) is 1.96. The molecule has 2 aromatic carbocycles. The summed E-state index contributed by atoms with van der Waals surface area (Å²) in [6, 6.07) is 11.0. The van der Waals surface area contributed by atoms with Crippen molar-refractivity contribution >= 4 is 21.5 Å². The first-order valence-corrected chi connectivity index (χ1v) is 8.73. The molecule has 0 fully saturated rings. The molecular formula is C16H16NO6S-. The van der Waals surface area contributed by atoms with E-state index in [1.165, 1.54) is 36.4 Å². The van der Waals surface area contributed by atoms with E-state index in [1.54, 1.807) is 19.1 Å². The number of esters is 1. The van der Waals surface area contributed by atoms with E-state index < -0.39 is 15.8 Å². The second kappa shape index (κ2) is 7.43. The molecule has 128 valence electrons. The van der Waals surface area contributed by atoms with Gasteiger partial charge in [-0.05, 0) is 48.9 Å². The van der Waals surface area contributed by atoms with Crippen LogP contribution in [0.5, 0.6) is 0 Å². The Kier molecular flexibility index (Phi) is 5.55. The van der Waals surface area contributed by atoms with E-state index in [0.29, 0.717) is 11.1 Å². The largest absolute Gasteiger partial charge is 0.733 e. The summed E-state index contributed by atoms with van der Waals surface area (Å²) in [5.74, 6) is -0.718. The van der Waals surface area contributed by atoms with E-state index >= 15 is 0 Å². The highest BCUT2D eigenvalue weighted by molar-refractivity contribution is 7.90. The fourth-order valence-corrected chi connectivity index (χ4v) is 3.38. The molecule has 0 heterocycles. The molecule has 1 N–H and O–H groups in total. The third kappa shape index (κ3) is 4.31. The van der Waals surface area contributed by atoms with Crippen molar-refractivity contribution in [2.75, 3.05) is 11.8 Å². The highest BCUT2D eigenvalue weighted by Gasteiger charge is 2.16. The maximum absolute atomic E-state index is 12.4. The van der Waals surface area contributed by atoms with E-state index in [1.807, 2.05) is 0 Å². The van der Waals surface area contributed by atoms with Crippen LogP contribution in [0.1, 0.15) is 22.8 Å². The molecule has 0 amide bonds. The fourth-order valence-electron chi connectivity index (χ4n) is 2.04. The molecule has 0 aromatic heterocycles. The monoisotopic (exact) mass is 350 g/mol. The molecule has 7 nitrogen and oxygen atoms in total. The van der Waals surface area contributed by atoms with Crippen LogP contribution in [-0.2, 0) is 20.3 Å². The number of nitrogens with zero attached hydrogens (tertiary/aromatic N) is 1. The average Bonchev–Trinajstić information content (AvgIpc) is 2.55. The molecule has 2 rings (SSSR count). The molecule has 0 aliphatic carbocycles. The molecule has 8 heteroatoms. The zero-order valence-electron chi connectivity index (χ0n) is 12.9. The molecule has 0 saturated heterocycles. The fraction of sp³-hybridized carbons (Fsp3) is 0.188. The minimum absolute atomic E-state index is 0.0302. The minimum Gasteiger partial charge on any atom is -0.733 e. The molecule has 0 aliphatic rings. The molecule has 0 radical (unpaired) electrons. The van der Waals surface area contributed by atoms with Crippen molar-refractivity contribution in [3.05, 3.63) is 64.9 Å². The number of ether oxygens (including phenoxy) is 1. The van der Waals surface area contributed by atoms with Gasteiger partial charge in [0, 0.05) is 0 Å². The van der Waals surface area contributed by atoms with Crippen LogP contribution < -0.4 is 5.23 Å². The van der Waals surface area contributed by atoms with E-state index in [4.69, 9.17) is 9.94 Å². The smallest absolute Gasteiger partial charge is 0.338 e. The van der Waals surface area contributed by atoms with Gasteiger partial charge in [0.2, 0.25) is 0 Å². The average molecular weight is 350 g/mol. The first-order valence-electron chi connectivity index (χ1n) is 7.08. The van der Waals surface area contributed by atoms with Crippen LogP contribution in [0.2, 0.25) is 0 Å². The normalized spacial score (nSPS) is 11.1. The van der Waals surface area contributed by atoms with Gasteiger partial charge in [-0.1, -0.05) is 12.1 Å². The Labute approximate surface area is 139 Å². The van der Waals surface area contributed by atoms with Crippen LogP contribution in [0.25, 0.3) is 0 Å². The van der Waals surface area contributed by atoms with Crippen molar-refractivity contribution in [3.63, 3.8) is 0 Å². The number of benzene rings is 2. The quantitative estimate of drug-likeness (QED) is 0.630. The Hall–Kier alpha value is -2.42. The first-order chi connectivity index (χ1) is 11.3. The molecule has 24 heavy (non-hydrogen) atoms. The van der Waals surface area contributed by atoms with E-state index in [9.17, 15) is 18.4 Å². The lowest BCUT2D eigenvalue weighted by atomic mass is 10.1. The van der Waals surface area contributed by atoms with Crippen LogP contribution in [0.15, 0.2) is 53.4 Å². The van der Waals surface area contributed by atoms with Crippen molar-refractivity contribution < 1.29 is 23.2 Å². The van der Waals surface area contributed by atoms with Gasteiger partial charge in [0.25, 0.3) is 0 Å². The van der Waals surface area contributed by atoms with Crippen molar-refractivity contribution in [2.45, 2.75) is 17.6 Å². The molecular weight excluding hydrogens is 334 g/mol. The standard InChI is InChI=1S/C16H16NO6S/c1-2-23-16(18)13-5-3-12(4-6-13)11-24(21,22)15-9-7-14(8-10-15)17(19)20/h3-10,19H,2,11H2,1H3/q-1. The van der Waals surface area contributed by atoms with Gasteiger partial charge in [-0.15, -0.1) is 0 Å². The number of carbonyl (C=O) groups excluding carboxylic acids is 1. The topological polar surface area (TPSA) is 107 Å². The van der Waals surface area contributed by atoms with Gasteiger partial charge in [-0.2, -0.15) is 0 Å². The van der Waals surface area contributed by atoms with Gasteiger partial charge in [-0.25, -0.2) is 13.2 Å². The van der Waals surface area contributed by atoms with Gasteiger partial charge in [0.1, 0.15) is 0 Å². The highest BCUT2D eigenvalue weighted by Crippen LogP contribution is 2.20. The molecule has 0 bridgehead atoms. The van der Waals surface area contributed by atoms with E-state index in [0.717, 1.165) is 0 Å². The van der Waals surface area contributed by atoms with Gasteiger partial charge in [0.15, 0.2) is 9.84 Å². The number of rotatable bonds is 6. The second-order valence-corrected chi connectivity index (χ2v) is 6.93. The molecule has 0 spiro atoms. The van der Waals surface area contributed by atoms with Gasteiger partial charge in [0.05, 0.1) is 28.5 Å². The van der Waals surface area contributed by atoms with Crippen molar-refractivity contribution in [2.24, 2.45) is 0 Å². The second-order valence-electron chi connectivity index (χ2n) is 4.94. The Bertz CT molecular complexity index is 797. The summed E-state index contributed by atoms with van der Waals surface area (Å²) in [5, 5.41) is 19.1. The van der Waals surface area contributed by atoms with Crippen LogP contribution in [-0.4, -0.2) is 26.2 Å². The minimum atomic E-state index is -3.62. The third-order valence-corrected chi connectivity index (χ3v) is 4.94. The number of hydrogen-bond acceptors (Lipinski definition) is 7. The van der Waals surface area contributed by atoms with Crippen molar-refractivity contribution in [1.82, 2.24) is 0 Å². The van der Waals surface area contributed by atoms with Gasteiger partial charge < -0.3 is 15.2 Å². The zero-order chi connectivity index (χ0) is 17.7. The first kappa shape index (κ1) is 17.9. The van der Waals surface area contributed by atoms with Crippen molar-refractivity contribution in [1.29, 1.82) is 0 Å². The summed E-state index contributed by atoms with van der Waals surface area (Å²) in [7, 11) is -3.62. The number of hydrogen-bond donors (Lipinski definition) is 1. The van der Waals surface area contributed by atoms with E-state index in [2.05, 4.69) is 0 Å². The summed E-state index contributed by atoms with van der Waals surface area (Å²) < 4.78 is 29.6. The lowest BCUT2D eigenvalue weighted by Crippen LogP contribution is -2.09. The van der Waals surface area contributed by atoms with Crippen molar-refractivity contribution in [3.8, 4) is 0 Å². The lowest BCUT2D eigenvalue weighted by molar-refractivity contribution is 0.0526. The molecule has 0 aliphatic heterocycles. The van der Waals surface area contributed by atoms with Crippen LogP contribution in [0.3, 0.4) is 0 Å². The summed E-state index contributed by atoms with van der Waals surface area (Å²) in [4.78, 5) is 11.6. The number of carbonyl (C=O) groups is 1. The SMILES string of the molecule is CCOC(=O)c1ccc(CS(=O)(=O)c2ccc(N([O-])O)cc2)cc1. The molecule has 0 saturated carbocycles. The molecule has 0 unspecified atom stereocenters. The van der Waals surface area contributed by atoms with E-state index in [-0.39, 0.29) is 28.2 Å². The summed E-state index contributed by atoms with van der Waals surface area (Å²) >= 11 is 0. The van der Waals surface area contributed by atoms with Crippen LogP contribution in [0.4, 0.5) is 5.69 Å². The third-order valence-electron chi connectivity index (χ3n) is 3.24. The maximum Gasteiger partial charge on any atom is 0.338 e. The zero-order valence-corrected chi connectivity index (χ0v) is 13.7. The number of sulfone groups is 1. The lowest BCUT2D eigenvalue weighted by Gasteiger charge is -2.21. The predicted octanol–water partition coefficient (Wildman–Crippen LogP) is 2.53. The van der Waals surface area contributed by atoms with Gasteiger partial charge in [-0.3, -0.25) is 5.21 Å². The molecule has 0 atom stereocenters. The Morgan fingerprint density at radius 2 is 1.71 bits per heavy atom. The Morgan fingerprint density at radius 1 is 1.12 bits per heavy atom. The Balaban J connectivity index is 2.15. The predicted molar refractivity (Wildman–Crippen MR) is 87.4 cm³/mol. The summed E-state index contributed by atoms with van der Waals surface area (Å²) in [5.41, 5.74) is 0.799. The van der Waals surface area contributed by atoms with Crippen LogP contribution >= 0.6 is 0 Å². The number of anilines is 1. The van der Waals surface area contributed by atoms with Gasteiger partial charge >= 0.3 is 5.97 Å².